The largest absolute Gasteiger partial charge is 0.491 e. The molecule has 1 saturated carbocycles. The fourth-order valence-electron chi connectivity index (χ4n) is 4.01. The summed E-state index contributed by atoms with van der Waals surface area (Å²) < 4.78 is 29.5. The van der Waals surface area contributed by atoms with Gasteiger partial charge in [0.15, 0.2) is 0 Å². The van der Waals surface area contributed by atoms with Crippen LogP contribution in [0.15, 0.2) is 47.7 Å². The molecule has 2 unspecified atom stereocenters. The Morgan fingerprint density at radius 2 is 2.03 bits per heavy atom. The summed E-state index contributed by atoms with van der Waals surface area (Å²) in [5, 5.41) is 13.4. The molecule has 0 bridgehead atoms. The number of aliphatic hydroxyl groups excluding tert-OH is 1. The molecule has 9 nitrogen and oxygen atoms in total. The summed E-state index contributed by atoms with van der Waals surface area (Å²) in [6.45, 7) is 0.126. The van der Waals surface area contributed by atoms with Crippen molar-refractivity contribution in [2.45, 2.75) is 57.1 Å². The van der Waals surface area contributed by atoms with E-state index in [1.807, 2.05) is 35.1 Å². The van der Waals surface area contributed by atoms with E-state index in [0.717, 1.165) is 6.26 Å². The van der Waals surface area contributed by atoms with Crippen molar-refractivity contribution < 1.29 is 27.9 Å². The van der Waals surface area contributed by atoms with Gasteiger partial charge >= 0.3 is 0 Å². The molecule has 1 fully saturated rings. The Bertz CT molecular complexity index is 918. The Hall–Kier alpha value is -2.59. The van der Waals surface area contributed by atoms with Crippen LogP contribution in [0.1, 0.15) is 44.9 Å². The number of nitroso groups, excluding NO2 is 1. The number of allylic oxidation sites excluding steroid dienone is 2. The molecule has 2 rings (SSSR count). The van der Waals surface area contributed by atoms with Gasteiger partial charge in [-0.05, 0) is 50.2 Å². The van der Waals surface area contributed by atoms with Crippen molar-refractivity contribution in [3.05, 3.63) is 47.4 Å². The third kappa shape index (κ3) is 9.83. The van der Waals surface area contributed by atoms with Crippen LogP contribution in [0.2, 0.25) is 0 Å². The van der Waals surface area contributed by atoms with Crippen LogP contribution in [-0.4, -0.2) is 50.2 Å². The molecule has 10 heteroatoms. The lowest BCUT2D eigenvalue weighted by Gasteiger charge is -2.21. The van der Waals surface area contributed by atoms with Crippen molar-refractivity contribution in [3.8, 4) is 5.75 Å². The number of hydrogen-bond donors (Lipinski definition) is 2. The highest BCUT2D eigenvalue weighted by atomic mass is 32.2. The maximum Gasteiger partial charge on any atom is 0.233 e. The summed E-state index contributed by atoms with van der Waals surface area (Å²) in [5.74, 6) is -0.452. The maximum absolute atomic E-state index is 12.4. The number of hydrogen-bond acceptors (Lipinski definition) is 8. The third-order valence-corrected chi connectivity index (χ3v) is 6.22. The number of amides is 1. The Balaban J connectivity index is 1.77. The van der Waals surface area contributed by atoms with E-state index in [1.165, 1.54) is 0 Å². The van der Waals surface area contributed by atoms with Crippen molar-refractivity contribution in [1.29, 1.82) is 0 Å². The number of ketones is 1. The highest BCUT2D eigenvalue weighted by molar-refractivity contribution is 7.89. The Morgan fingerprint density at radius 1 is 1.30 bits per heavy atom. The molecule has 182 valence electrons. The minimum absolute atomic E-state index is 0.00296. The fraction of sp³-hybridized carbons (Fsp3) is 0.565. The van der Waals surface area contributed by atoms with Crippen LogP contribution in [0.3, 0.4) is 0 Å². The van der Waals surface area contributed by atoms with Crippen molar-refractivity contribution in [1.82, 2.24) is 4.72 Å². The van der Waals surface area contributed by atoms with Gasteiger partial charge in [-0.1, -0.05) is 35.5 Å². The van der Waals surface area contributed by atoms with E-state index < -0.39 is 28.1 Å². The van der Waals surface area contributed by atoms with Crippen LogP contribution in [0.4, 0.5) is 0 Å². The Labute approximate surface area is 194 Å². The molecule has 1 aliphatic rings. The van der Waals surface area contributed by atoms with E-state index in [0.29, 0.717) is 37.9 Å². The lowest BCUT2D eigenvalue weighted by atomic mass is 9.86. The van der Waals surface area contributed by atoms with Gasteiger partial charge in [0, 0.05) is 18.8 Å². The SMILES string of the molecule is CS(=O)(=O)NC(=O)CCCC=CC[C@H]1C(=O)CC(N=O)[C@@H]1CCC(O)COc1ccccc1. The fourth-order valence-corrected chi connectivity index (χ4v) is 4.52. The first kappa shape index (κ1) is 26.7. The molecule has 33 heavy (non-hydrogen) atoms. The number of aliphatic hydroxyl groups is 1. The van der Waals surface area contributed by atoms with E-state index in [2.05, 4.69) is 5.18 Å². The molecule has 1 aromatic carbocycles. The van der Waals surface area contributed by atoms with Gasteiger partial charge in [-0.3, -0.25) is 14.3 Å². The first-order chi connectivity index (χ1) is 15.7. The van der Waals surface area contributed by atoms with Gasteiger partial charge in [0.25, 0.3) is 0 Å². The van der Waals surface area contributed by atoms with E-state index >= 15 is 0 Å². The zero-order valence-corrected chi connectivity index (χ0v) is 19.6. The number of carbonyl (C=O) groups excluding carboxylic acids is 2. The molecule has 1 aliphatic carbocycles. The second-order valence-corrected chi connectivity index (χ2v) is 10.1. The smallest absolute Gasteiger partial charge is 0.233 e. The van der Waals surface area contributed by atoms with Gasteiger partial charge in [-0.15, -0.1) is 0 Å². The van der Waals surface area contributed by atoms with Crippen LogP contribution >= 0.6 is 0 Å². The molecule has 0 spiro atoms. The molecule has 4 atom stereocenters. The van der Waals surface area contributed by atoms with Crippen LogP contribution in [0.25, 0.3) is 0 Å². The number of sulfonamides is 1. The lowest BCUT2D eigenvalue weighted by molar-refractivity contribution is -0.121. The van der Waals surface area contributed by atoms with Crippen LogP contribution in [0.5, 0.6) is 5.75 Å². The predicted molar refractivity (Wildman–Crippen MR) is 124 cm³/mol. The standard InChI is InChI=1S/C23H32N2O7S/c1-33(30,31)25-23(28)12-8-3-2-7-11-20-19(21(24-29)15-22(20)27)14-13-17(26)16-32-18-9-5-4-6-10-18/h2,4-7,9-10,17,19-21,26H,3,8,11-16H2,1H3,(H,25,28)/t17?,19-,20-,21?/m1/s1. The lowest BCUT2D eigenvalue weighted by Crippen LogP contribution is -2.28. The highest BCUT2D eigenvalue weighted by Gasteiger charge is 2.42. The summed E-state index contributed by atoms with van der Waals surface area (Å²) in [6.07, 6.45) is 6.50. The van der Waals surface area contributed by atoms with E-state index in [1.54, 1.807) is 12.1 Å². The van der Waals surface area contributed by atoms with Crippen LogP contribution in [0, 0.1) is 16.7 Å². The zero-order chi connectivity index (χ0) is 24.3. The minimum Gasteiger partial charge on any atom is -0.491 e. The van der Waals surface area contributed by atoms with E-state index in [-0.39, 0.29) is 37.1 Å². The first-order valence-corrected chi connectivity index (χ1v) is 13.0. The Kier molecular flexibility index (Phi) is 10.7. The summed E-state index contributed by atoms with van der Waals surface area (Å²) in [4.78, 5) is 35.2. The number of Topliss-reactive ketones (excluding diaryl/α,β-unsaturated/α-hetero) is 1. The van der Waals surface area contributed by atoms with Crippen molar-refractivity contribution in [2.75, 3.05) is 12.9 Å². The number of ether oxygens (including phenoxy) is 1. The normalized spacial score (nSPS) is 21.8. The molecular weight excluding hydrogens is 448 g/mol. The average molecular weight is 481 g/mol. The summed E-state index contributed by atoms with van der Waals surface area (Å²) in [5.41, 5.74) is 0. The maximum atomic E-state index is 12.4. The topological polar surface area (TPSA) is 139 Å². The molecule has 1 aromatic rings. The van der Waals surface area contributed by atoms with Crippen LogP contribution < -0.4 is 9.46 Å². The average Bonchev–Trinajstić information content (AvgIpc) is 3.07. The second kappa shape index (κ2) is 13.2. The van der Waals surface area contributed by atoms with Gasteiger partial charge in [0.2, 0.25) is 15.9 Å². The predicted octanol–water partition coefficient (Wildman–Crippen LogP) is 2.74. The molecule has 1 amide bonds. The number of nitrogens with zero attached hydrogens (tertiary/aromatic N) is 1. The van der Waals surface area contributed by atoms with Crippen LogP contribution in [-0.2, 0) is 19.6 Å². The molecule has 0 saturated heterocycles. The summed E-state index contributed by atoms with van der Waals surface area (Å²) >= 11 is 0. The monoisotopic (exact) mass is 480 g/mol. The third-order valence-electron chi connectivity index (χ3n) is 5.62. The number of para-hydroxylation sites is 1. The summed E-state index contributed by atoms with van der Waals surface area (Å²) in [7, 11) is -3.55. The zero-order valence-electron chi connectivity index (χ0n) is 18.8. The molecular formula is C23H32N2O7S. The van der Waals surface area contributed by atoms with Gasteiger partial charge < -0.3 is 9.84 Å². The number of benzene rings is 1. The molecule has 0 heterocycles. The van der Waals surface area contributed by atoms with Crippen molar-refractivity contribution in [2.24, 2.45) is 17.0 Å². The van der Waals surface area contributed by atoms with Crippen molar-refractivity contribution in [3.63, 3.8) is 0 Å². The number of nitrogens with one attached hydrogen (secondary N) is 1. The van der Waals surface area contributed by atoms with Gasteiger partial charge in [0.05, 0.1) is 12.4 Å². The van der Waals surface area contributed by atoms with E-state index in [4.69, 9.17) is 4.74 Å². The second-order valence-electron chi connectivity index (χ2n) is 8.37. The van der Waals surface area contributed by atoms with Gasteiger partial charge in [-0.25, -0.2) is 8.42 Å². The number of rotatable bonds is 14. The van der Waals surface area contributed by atoms with Gasteiger partial charge in [-0.2, -0.15) is 4.91 Å². The minimum atomic E-state index is -3.55. The van der Waals surface area contributed by atoms with E-state index in [9.17, 15) is 28.0 Å². The van der Waals surface area contributed by atoms with Crippen molar-refractivity contribution >= 4 is 21.7 Å². The quantitative estimate of drug-likeness (QED) is 0.237. The molecule has 0 aliphatic heterocycles. The van der Waals surface area contributed by atoms with Gasteiger partial charge in [0.1, 0.15) is 24.2 Å². The molecule has 0 aromatic heterocycles. The molecule has 0 radical (unpaired) electrons. The Morgan fingerprint density at radius 3 is 2.70 bits per heavy atom. The number of unbranched alkanes of at least 4 members (excludes halogenated alkanes) is 1. The number of carbonyl (C=O) groups is 2. The first-order valence-electron chi connectivity index (χ1n) is 11.1. The molecule has 2 N–H and O–H groups in total. The highest BCUT2D eigenvalue weighted by Crippen LogP contribution is 2.37. The summed E-state index contributed by atoms with van der Waals surface area (Å²) in [6, 6.07) is 8.57.